The maximum Gasteiger partial charge on any atom is 0.160 e. The zero-order valence-corrected chi connectivity index (χ0v) is 17.2. The minimum atomic E-state index is -0.220. The Morgan fingerprint density at radius 2 is 1.38 bits per heavy atom. The van der Waals surface area contributed by atoms with Gasteiger partial charge in [-0.05, 0) is 28.8 Å². The van der Waals surface area contributed by atoms with E-state index in [2.05, 4.69) is 47.9 Å². The summed E-state index contributed by atoms with van der Waals surface area (Å²) in [5.74, 6) is 0.619. The van der Waals surface area contributed by atoms with Gasteiger partial charge in [-0.3, -0.25) is 4.99 Å². The highest BCUT2D eigenvalue weighted by Gasteiger charge is 2.14. The predicted molar refractivity (Wildman–Crippen MR) is 122 cm³/mol. The molecule has 0 saturated carbocycles. The van der Waals surface area contributed by atoms with Crippen LogP contribution in [0.2, 0.25) is 0 Å². The predicted octanol–water partition coefficient (Wildman–Crippen LogP) is 6.30. The second-order valence-electron chi connectivity index (χ2n) is 6.65. The lowest BCUT2D eigenvalue weighted by molar-refractivity contribution is 0.413. The molecule has 0 unspecified atom stereocenters. The van der Waals surface area contributed by atoms with Crippen molar-refractivity contribution in [3.8, 4) is 0 Å². The van der Waals surface area contributed by atoms with Crippen LogP contribution in [0, 0.1) is 5.82 Å². The summed E-state index contributed by atoms with van der Waals surface area (Å²) >= 11 is 1.72. The molecule has 0 saturated heterocycles. The molecular formula is C25H25FN2S. The summed E-state index contributed by atoms with van der Waals surface area (Å²) in [6.45, 7) is 5.76. The fourth-order valence-corrected chi connectivity index (χ4v) is 3.87. The molecule has 4 heteroatoms. The average Bonchev–Trinajstić information content (AvgIpc) is 2.76. The van der Waals surface area contributed by atoms with Crippen molar-refractivity contribution in [2.24, 2.45) is 4.99 Å². The molecule has 0 bridgehead atoms. The lowest BCUT2D eigenvalue weighted by Crippen LogP contribution is -2.28. The number of thioether (sulfide) groups is 1. The monoisotopic (exact) mass is 404 g/mol. The topological polar surface area (TPSA) is 15.6 Å². The van der Waals surface area contributed by atoms with Gasteiger partial charge in [0.2, 0.25) is 0 Å². The molecule has 0 N–H and O–H groups in total. The third kappa shape index (κ3) is 6.91. The van der Waals surface area contributed by atoms with Gasteiger partial charge in [0, 0.05) is 18.8 Å². The molecule has 0 spiro atoms. The fourth-order valence-electron chi connectivity index (χ4n) is 2.91. The van der Waals surface area contributed by atoms with Crippen LogP contribution in [0.15, 0.2) is 103 Å². The SMILES string of the molecule is C=CCN=C(SCc1ccccc1)N(Cc1ccccc1)Cc1ccc(F)cc1. The van der Waals surface area contributed by atoms with E-state index in [9.17, 15) is 4.39 Å². The van der Waals surface area contributed by atoms with Gasteiger partial charge in [-0.2, -0.15) is 0 Å². The number of nitrogens with zero attached hydrogens (tertiary/aromatic N) is 2. The van der Waals surface area contributed by atoms with Gasteiger partial charge in [-0.15, -0.1) is 6.58 Å². The van der Waals surface area contributed by atoms with Gasteiger partial charge in [0.25, 0.3) is 0 Å². The highest BCUT2D eigenvalue weighted by atomic mass is 32.2. The van der Waals surface area contributed by atoms with Gasteiger partial charge >= 0.3 is 0 Å². The van der Waals surface area contributed by atoms with Crippen LogP contribution in [0.4, 0.5) is 4.39 Å². The molecule has 0 aliphatic rings. The Balaban J connectivity index is 1.83. The quantitative estimate of drug-likeness (QED) is 0.249. The van der Waals surface area contributed by atoms with Crippen molar-refractivity contribution in [2.75, 3.05) is 6.54 Å². The first kappa shape index (κ1) is 20.9. The van der Waals surface area contributed by atoms with Gasteiger partial charge in [0.1, 0.15) is 5.82 Å². The van der Waals surface area contributed by atoms with E-state index in [0.717, 1.165) is 23.0 Å². The van der Waals surface area contributed by atoms with E-state index in [-0.39, 0.29) is 5.82 Å². The van der Waals surface area contributed by atoms with E-state index >= 15 is 0 Å². The summed E-state index contributed by atoms with van der Waals surface area (Å²) in [5, 5.41) is 0.960. The van der Waals surface area contributed by atoms with Crippen molar-refractivity contribution in [3.05, 3.63) is 120 Å². The third-order valence-electron chi connectivity index (χ3n) is 4.34. The Bertz CT molecular complexity index is 909. The first-order valence-corrected chi connectivity index (χ1v) is 10.6. The maximum absolute atomic E-state index is 13.4. The molecule has 0 aliphatic heterocycles. The molecule has 148 valence electrons. The second-order valence-corrected chi connectivity index (χ2v) is 7.60. The van der Waals surface area contributed by atoms with Crippen LogP contribution in [0.5, 0.6) is 0 Å². The number of amidine groups is 1. The molecule has 0 heterocycles. The molecule has 0 amide bonds. The summed E-state index contributed by atoms with van der Waals surface area (Å²) in [6.07, 6.45) is 1.81. The molecule has 0 aromatic heterocycles. The maximum atomic E-state index is 13.4. The van der Waals surface area contributed by atoms with Crippen molar-refractivity contribution in [3.63, 3.8) is 0 Å². The minimum absolute atomic E-state index is 0.220. The Hall–Kier alpha value is -2.85. The highest BCUT2D eigenvalue weighted by Crippen LogP contribution is 2.21. The lowest BCUT2D eigenvalue weighted by atomic mass is 10.2. The highest BCUT2D eigenvalue weighted by molar-refractivity contribution is 8.13. The van der Waals surface area contributed by atoms with Gasteiger partial charge in [-0.1, -0.05) is 90.6 Å². The van der Waals surface area contributed by atoms with Crippen LogP contribution in [0.3, 0.4) is 0 Å². The van der Waals surface area contributed by atoms with Crippen molar-refractivity contribution in [2.45, 2.75) is 18.8 Å². The molecular weight excluding hydrogens is 379 g/mol. The molecule has 3 aromatic rings. The van der Waals surface area contributed by atoms with E-state index < -0.39 is 0 Å². The largest absolute Gasteiger partial charge is 0.343 e. The first-order chi connectivity index (χ1) is 14.2. The normalized spacial score (nSPS) is 11.3. The van der Waals surface area contributed by atoms with Crippen LogP contribution in [0.25, 0.3) is 0 Å². The number of halogens is 1. The van der Waals surface area contributed by atoms with E-state index in [4.69, 9.17) is 4.99 Å². The molecule has 3 aromatic carbocycles. The standard InChI is InChI=1S/C25H25FN2S/c1-2-17-27-25(29-20-23-11-7-4-8-12-23)28(18-21-9-5-3-6-10-21)19-22-13-15-24(26)16-14-22/h2-16H,1,17-20H2. The van der Waals surface area contributed by atoms with Crippen LogP contribution in [0.1, 0.15) is 16.7 Å². The van der Waals surface area contributed by atoms with Crippen molar-refractivity contribution < 1.29 is 4.39 Å². The number of benzene rings is 3. The molecule has 0 fully saturated rings. The Labute approximate surface area is 176 Å². The van der Waals surface area contributed by atoms with Gasteiger partial charge in [-0.25, -0.2) is 4.39 Å². The summed E-state index contributed by atoms with van der Waals surface area (Å²) < 4.78 is 13.4. The number of rotatable bonds is 8. The molecule has 0 atom stereocenters. The molecule has 2 nitrogen and oxygen atoms in total. The smallest absolute Gasteiger partial charge is 0.160 e. The molecule has 0 aliphatic carbocycles. The van der Waals surface area contributed by atoms with Crippen molar-refractivity contribution in [1.82, 2.24) is 4.90 Å². The zero-order chi connectivity index (χ0) is 20.3. The number of hydrogen-bond donors (Lipinski definition) is 0. The summed E-state index contributed by atoms with van der Waals surface area (Å²) in [7, 11) is 0. The van der Waals surface area contributed by atoms with Crippen molar-refractivity contribution in [1.29, 1.82) is 0 Å². The lowest BCUT2D eigenvalue weighted by Gasteiger charge is -2.26. The summed E-state index contributed by atoms with van der Waals surface area (Å²) in [5.41, 5.74) is 3.51. The summed E-state index contributed by atoms with van der Waals surface area (Å²) in [4.78, 5) is 7.03. The average molecular weight is 405 g/mol. The van der Waals surface area contributed by atoms with Gasteiger partial charge in [0.15, 0.2) is 5.17 Å². The van der Waals surface area contributed by atoms with Crippen LogP contribution < -0.4 is 0 Å². The zero-order valence-electron chi connectivity index (χ0n) is 16.4. The number of hydrogen-bond acceptors (Lipinski definition) is 2. The minimum Gasteiger partial charge on any atom is -0.343 e. The first-order valence-electron chi connectivity index (χ1n) is 9.60. The van der Waals surface area contributed by atoms with Crippen LogP contribution in [-0.2, 0) is 18.8 Å². The Morgan fingerprint density at radius 3 is 1.97 bits per heavy atom. The summed E-state index contributed by atoms with van der Waals surface area (Å²) in [6, 6.07) is 27.4. The van der Waals surface area contributed by atoms with E-state index in [1.165, 1.54) is 23.3 Å². The van der Waals surface area contributed by atoms with E-state index in [1.54, 1.807) is 11.8 Å². The Kier molecular flexibility index (Phi) is 8.08. The van der Waals surface area contributed by atoms with E-state index in [1.807, 2.05) is 42.5 Å². The number of aliphatic imine (C=N–C) groups is 1. The molecule has 3 rings (SSSR count). The fraction of sp³-hybridized carbons (Fsp3) is 0.160. The molecule has 29 heavy (non-hydrogen) atoms. The van der Waals surface area contributed by atoms with Crippen LogP contribution >= 0.6 is 11.8 Å². The third-order valence-corrected chi connectivity index (χ3v) is 5.46. The van der Waals surface area contributed by atoms with Crippen LogP contribution in [-0.4, -0.2) is 16.6 Å². The van der Waals surface area contributed by atoms with Gasteiger partial charge < -0.3 is 4.90 Å². The van der Waals surface area contributed by atoms with E-state index in [0.29, 0.717) is 13.1 Å². The van der Waals surface area contributed by atoms with Gasteiger partial charge in [0.05, 0.1) is 6.54 Å². The second kappa shape index (κ2) is 11.2. The Morgan fingerprint density at radius 1 is 0.828 bits per heavy atom. The van der Waals surface area contributed by atoms with Crippen molar-refractivity contribution >= 4 is 16.9 Å². The molecule has 0 radical (unpaired) electrons.